The van der Waals surface area contributed by atoms with Crippen LogP contribution >= 0.6 is 0 Å². The molecule has 0 saturated carbocycles. The molecule has 1 amide bonds. The van der Waals surface area contributed by atoms with Crippen LogP contribution in [0.3, 0.4) is 0 Å². The van der Waals surface area contributed by atoms with Gasteiger partial charge in [-0.05, 0) is 29.8 Å². The fourth-order valence-electron chi connectivity index (χ4n) is 2.03. The second-order valence-electron chi connectivity index (χ2n) is 4.83. The molecule has 0 aromatic heterocycles. The molecular formula is C17H13N3O3. The minimum atomic E-state index is -0.747. The van der Waals surface area contributed by atoms with E-state index in [4.69, 9.17) is 14.7 Å². The second kappa shape index (κ2) is 6.62. The number of nitrogens with zero attached hydrogens (tertiary/aromatic N) is 2. The van der Waals surface area contributed by atoms with Gasteiger partial charge in [-0.3, -0.25) is 4.79 Å². The maximum absolute atomic E-state index is 12.0. The average Bonchev–Trinajstić information content (AvgIpc) is 2.61. The van der Waals surface area contributed by atoms with Crippen molar-refractivity contribution in [1.29, 1.82) is 5.26 Å². The number of nitriles is 1. The van der Waals surface area contributed by atoms with Crippen molar-refractivity contribution in [3.05, 3.63) is 59.7 Å². The summed E-state index contributed by atoms with van der Waals surface area (Å²) in [5.41, 5.74) is 3.76. The number of hydrogen-bond donors (Lipinski definition) is 1. The zero-order valence-electron chi connectivity index (χ0n) is 12.1. The Kier molecular flexibility index (Phi) is 4.20. The van der Waals surface area contributed by atoms with Crippen molar-refractivity contribution in [3.63, 3.8) is 0 Å². The Morgan fingerprint density at radius 1 is 1.22 bits per heavy atom. The molecule has 6 heteroatoms. The van der Waals surface area contributed by atoms with Gasteiger partial charge in [0.15, 0.2) is 11.5 Å². The van der Waals surface area contributed by atoms with Crippen molar-refractivity contribution in [2.75, 3.05) is 6.61 Å². The Balaban J connectivity index is 1.57. The van der Waals surface area contributed by atoms with Crippen LogP contribution in [0, 0.1) is 11.3 Å². The molecule has 0 unspecified atom stereocenters. The van der Waals surface area contributed by atoms with Gasteiger partial charge < -0.3 is 9.47 Å². The third kappa shape index (κ3) is 3.47. The van der Waals surface area contributed by atoms with Crippen LogP contribution in [0.15, 0.2) is 53.6 Å². The normalized spacial score (nSPS) is 15.9. The van der Waals surface area contributed by atoms with Gasteiger partial charge in [0.2, 0.25) is 6.10 Å². The largest absolute Gasteiger partial charge is 0.485 e. The molecule has 0 fully saturated rings. The molecule has 2 aromatic rings. The van der Waals surface area contributed by atoms with Crippen LogP contribution in [0.4, 0.5) is 0 Å². The second-order valence-corrected chi connectivity index (χ2v) is 4.83. The molecule has 1 N–H and O–H groups in total. The molecule has 3 rings (SSSR count). The van der Waals surface area contributed by atoms with Crippen molar-refractivity contribution in [3.8, 4) is 17.6 Å². The first kappa shape index (κ1) is 14.6. The Bertz CT molecular complexity index is 778. The van der Waals surface area contributed by atoms with Gasteiger partial charge >= 0.3 is 0 Å². The molecule has 0 saturated heterocycles. The summed E-state index contributed by atoms with van der Waals surface area (Å²) in [7, 11) is 0. The van der Waals surface area contributed by atoms with E-state index in [-0.39, 0.29) is 12.5 Å². The van der Waals surface area contributed by atoms with Crippen LogP contribution in [-0.2, 0) is 4.79 Å². The molecule has 0 bridgehead atoms. The molecule has 23 heavy (non-hydrogen) atoms. The molecule has 1 heterocycles. The predicted molar refractivity (Wildman–Crippen MR) is 83.2 cm³/mol. The summed E-state index contributed by atoms with van der Waals surface area (Å²) >= 11 is 0. The van der Waals surface area contributed by atoms with Crippen LogP contribution in [-0.4, -0.2) is 24.8 Å². The number of nitrogens with one attached hydrogen (secondary N) is 1. The zero-order valence-corrected chi connectivity index (χ0v) is 12.1. The molecule has 0 aliphatic carbocycles. The van der Waals surface area contributed by atoms with Gasteiger partial charge in [0.1, 0.15) is 6.61 Å². The van der Waals surface area contributed by atoms with Crippen molar-refractivity contribution in [1.82, 2.24) is 5.43 Å². The average molecular weight is 307 g/mol. The fourth-order valence-corrected chi connectivity index (χ4v) is 2.03. The Labute approximate surface area is 133 Å². The third-order valence-electron chi connectivity index (χ3n) is 3.23. The van der Waals surface area contributed by atoms with Gasteiger partial charge in [-0.15, -0.1) is 0 Å². The first-order chi connectivity index (χ1) is 11.3. The topological polar surface area (TPSA) is 83.7 Å². The highest BCUT2D eigenvalue weighted by Gasteiger charge is 2.26. The number of hydrazone groups is 1. The Morgan fingerprint density at radius 2 is 1.96 bits per heavy atom. The quantitative estimate of drug-likeness (QED) is 0.693. The number of ether oxygens (including phenoxy) is 2. The first-order valence-electron chi connectivity index (χ1n) is 6.98. The van der Waals surface area contributed by atoms with Crippen molar-refractivity contribution < 1.29 is 14.3 Å². The number of para-hydroxylation sites is 2. The molecule has 1 aliphatic rings. The van der Waals surface area contributed by atoms with Crippen molar-refractivity contribution in [2.45, 2.75) is 6.10 Å². The highest BCUT2D eigenvalue weighted by atomic mass is 16.6. The molecule has 0 spiro atoms. The number of carbonyl (C=O) groups is 1. The monoisotopic (exact) mass is 307 g/mol. The van der Waals surface area contributed by atoms with E-state index in [9.17, 15) is 4.79 Å². The minimum absolute atomic E-state index is 0.134. The van der Waals surface area contributed by atoms with Gasteiger partial charge in [-0.1, -0.05) is 24.3 Å². The van der Waals surface area contributed by atoms with E-state index in [2.05, 4.69) is 10.5 Å². The van der Waals surface area contributed by atoms with Gasteiger partial charge in [0.05, 0.1) is 17.8 Å². The standard InChI is InChI=1S/C17H13N3O3/c18-9-12-5-7-13(8-6-12)10-19-20-17(21)16-11-22-14-3-1-2-4-15(14)23-16/h1-8,10,16H,11H2,(H,20,21)/b19-10-/t16-/m0/s1. The molecular weight excluding hydrogens is 294 g/mol. The van der Waals surface area contributed by atoms with Crippen LogP contribution < -0.4 is 14.9 Å². The number of amides is 1. The first-order valence-corrected chi connectivity index (χ1v) is 6.98. The third-order valence-corrected chi connectivity index (χ3v) is 3.23. The maximum Gasteiger partial charge on any atom is 0.284 e. The molecule has 0 radical (unpaired) electrons. The lowest BCUT2D eigenvalue weighted by Gasteiger charge is -2.24. The van der Waals surface area contributed by atoms with E-state index < -0.39 is 6.10 Å². The molecule has 114 valence electrons. The highest BCUT2D eigenvalue weighted by Crippen LogP contribution is 2.30. The van der Waals surface area contributed by atoms with Gasteiger partial charge in [0, 0.05) is 0 Å². The molecule has 2 aromatic carbocycles. The number of rotatable bonds is 3. The molecule has 1 aliphatic heterocycles. The summed E-state index contributed by atoms with van der Waals surface area (Å²) < 4.78 is 11.1. The summed E-state index contributed by atoms with van der Waals surface area (Å²) in [4.78, 5) is 12.0. The van der Waals surface area contributed by atoms with Crippen molar-refractivity contribution in [2.24, 2.45) is 5.10 Å². The van der Waals surface area contributed by atoms with Crippen LogP contribution in [0.1, 0.15) is 11.1 Å². The van der Waals surface area contributed by atoms with E-state index in [1.165, 1.54) is 6.21 Å². The number of benzene rings is 2. The van der Waals surface area contributed by atoms with Crippen LogP contribution in [0.5, 0.6) is 11.5 Å². The summed E-state index contributed by atoms with van der Waals surface area (Å²) in [6.07, 6.45) is 0.750. The van der Waals surface area contributed by atoms with Crippen molar-refractivity contribution >= 4 is 12.1 Å². The van der Waals surface area contributed by atoms with Gasteiger partial charge in [0.25, 0.3) is 5.91 Å². The number of carbonyl (C=O) groups excluding carboxylic acids is 1. The van der Waals surface area contributed by atoms with Gasteiger partial charge in [-0.2, -0.15) is 10.4 Å². The molecule has 6 nitrogen and oxygen atoms in total. The predicted octanol–water partition coefficient (Wildman–Crippen LogP) is 1.85. The highest BCUT2D eigenvalue weighted by molar-refractivity contribution is 5.85. The lowest BCUT2D eigenvalue weighted by atomic mass is 10.2. The van der Waals surface area contributed by atoms with E-state index in [1.54, 1.807) is 36.4 Å². The summed E-state index contributed by atoms with van der Waals surface area (Å²) in [6, 6.07) is 16.1. The Morgan fingerprint density at radius 3 is 2.70 bits per heavy atom. The zero-order chi connectivity index (χ0) is 16.1. The minimum Gasteiger partial charge on any atom is -0.485 e. The van der Waals surface area contributed by atoms with Gasteiger partial charge in [-0.25, -0.2) is 5.43 Å². The number of fused-ring (bicyclic) bond motifs is 1. The lowest BCUT2D eigenvalue weighted by molar-refractivity contribution is -0.130. The van der Waals surface area contributed by atoms with E-state index in [1.807, 2.05) is 18.2 Å². The van der Waals surface area contributed by atoms with E-state index in [0.717, 1.165) is 5.56 Å². The van der Waals surface area contributed by atoms with E-state index >= 15 is 0 Å². The summed E-state index contributed by atoms with van der Waals surface area (Å²) in [5, 5.41) is 12.6. The fraction of sp³-hybridized carbons (Fsp3) is 0.118. The molecule has 1 atom stereocenters. The maximum atomic E-state index is 12.0. The smallest absolute Gasteiger partial charge is 0.284 e. The van der Waals surface area contributed by atoms with Crippen LogP contribution in [0.25, 0.3) is 0 Å². The number of hydrogen-bond acceptors (Lipinski definition) is 5. The lowest BCUT2D eigenvalue weighted by Crippen LogP contribution is -2.42. The SMILES string of the molecule is N#Cc1ccc(/C=N\NC(=O)[C@@H]2COc3ccccc3O2)cc1. The van der Waals surface area contributed by atoms with Crippen LogP contribution in [0.2, 0.25) is 0 Å². The van der Waals surface area contributed by atoms with E-state index in [0.29, 0.717) is 17.1 Å². The summed E-state index contributed by atoms with van der Waals surface area (Å²) in [6.45, 7) is 0.134. The Hall–Kier alpha value is -3.33. The summed E-state index contributed by atoms with van der Waals surface area (Å²) in [5.74, 6) is 0.775.